The normalized spacial score (nSPS) is 9.85. The van der Waals surface area contributed by atoms with Gasteiger partial charge in [-0.05, 0) is 23.6 Å². The van der Waals surface area contributed by atoms with Crippen LogP contribution in [0.4, 0.5) is 10.1 Å². The van der Waals surface area contributed by atoms with Crippen molar-refractivity contribution in [3.63, 3.8) is 0 Å². The predicted octanol–water partition coefficient (Wildman–Crippen LogP) is 2.92. The third-order valence-corrected chi connectivity index (χ3v) is 1.79. The van der Waals surface area contributed by atoms with E-state index in [1.807, 2.05) is 0 Å². The third-order valence-electron chi connectivity index (χ3n) is 1.79. The number of hydrogen-bond donors (Lipinski definition) is 0. The molecule has 0 saturated heterocycles. The summed E-state index contributed by atoms with van der Waals surface area (Å²) < 4.78 is 13.1. The van der Waals surface area contributed by atoms with E-state index in [1.165, 1.54) is 12.1 Å². The molecule has 0 atom stereocenters. The molecule has 0 fully saturated rings. The molecule has 0 radical (unpaired) electrons. The number of benzene rings is 1. The zero-order valence-corrected chi connectivity index (χ0v) is 6.66. The molecule has 2 aromatic rings. The summed E-state index contributed by atoms with van der Waals surface area (Å²) in [5, 5.41) is 0.787. The van der Waals surface area contributed by atoms with Crippen LogP contribution >= 0.6 is 0 Å². The van der Waals surface area contributed by atoms with Crippen LogP contribution < -0.4 is 0 Å². The van der Waals surface area contributed by atoms with Crippen LogP contribution in [0.5, 0.6) is 0 Å². The first kappa shape index (κ1) is 7.69. The number of hydrogen-bond acceptors (Lipinski definition) is 1. The van der Waals surface area contributed by atoms with Crippen LogP contribution in [0, 0.1) is 12.4 Å². The fourth-order valence-corrected chi connectivity index (χ4v) is 1.17. The van der Waals surface area contributed by atoms with E-state index in [1.54, 1.807) is 18.3 Å². The standard InChI is InChI=1S/C10H5FN2/c1-12-10-5-7-3-2-4-13-9(7)6-8(10)11/h2-6H. The van der Waals surface area contributed by atoms with Gasteiger partial charge in [0.1, 0.15) is 5.82 Å². The van der Waals surface area contributed by atoms with Gasteiger partial charge in [-0.3, -0.25) is 4.98 Å². The fraction of sp³-hybridized carbons (Fsp3) is 0. The molecule has 13 heavy (non-hydrogen) atoms. The third kappa shape index (κ3) is 1.23. The Balaban J connectivity index is 2.83. The molecule has 0 N–H and O–H groups in total. The number of nitrogens with zero attached hydrogens (tertiary/aromatic N) is 2. The molecule has 1 aromatic heterocycles. The molecule has 0 aliphatic rings. The zero-order chi connectivity index (χ0) is 9.26. The van der Waals surface area contributed by atoms with Crippen molar-refractivity contribution in [2.24, 2.45) is 0 Å². The SMILES string of the molecule is [C-]#[N+]c1cc2cccnc2cc1F. The maximum atomic E-state index is 13.1. The lowest BCUT2D eigenvalue weighted by molar-refractivity contribution is 0.635. The summed E-state index contributed by atoms with van der Waals surface area (Å²) in [6.45, 7) is 6.72. The average Bonchev–Trinajstić information content (AvgIpc) is 2.17. The van der Waals surface area contributed by atoms with Gasteiger partial charge in [-0.1, -0.05) is 6.07 Å². The fourth-order valence-electron chi connectivity index (χ4n) is 1.17. The maximum Gasteiger partial charge on any atom is 0.222 e. The van der Waals surface area contributed by atoms with Crippen molar-refractivity contribution >= 4 is 16.6 Å². The molecule has 0 spiro atoms. The second-order valence-corrected chi connectivity index (χ2v) is 2.61. The first-order valence-corrected chi connectivity index (χ1v) is 3.73. The first-order valence-electron chi connectivity index (χ1n) is 3.73. The van der Waals surface area contributed by atoms with Crippen molar-refractivity contribution in [1.29, 1.82) is 0 Å². The summed E-state index contributed by atoms with van der Waals surface area (Å²) in [5.74, 6) is -0.513. The smallest absolute Gasteiger partial charge is 0.222 e. The molecule has 2 rings (SSSR count). The molecule has 0 aliphatic heterocycles. The van der Waals surface area contributed by atoms with Gasteiger partial charge in [0.05, 0.1) is 12.1 Å². The average molecular weight is 172 g/mol. The highest BCUT2D eigenvalue weighted by Gasteiger charge is 2.03. The Morgan fingerprint density at radius 1 is 1.38 bits per heavy atom. The highest BCUT2D eigenvalue weighted by atomic mass is 19.1. The summed E-state index contributed by atoms with van der Waals surface area (Å²) in [5.41, 5.74) is 0.618. The number of halogens is 1. The van der Waals surface area contributed by atoms with Crippen molar-refractivity contribution in [2.75, 3.05) is 0 Å². The first-order chi connectivity index (χ1) is 6.31. The highest BCUT2D eigenvalue weighted by molar-refractivity contribution is 5.82. The Kier molecular flexibility index (Phi) is 1.67. The van der Waals surface area contributed by atoms with E-state index in [9.17, 15) is 4.39 Å². The van der Waals surface area contributed by atoms with E-state index < -0.39 is 5.82 Å². The van der Waals surface area contributed by atoms with Crippen molar-refractivity contribution in [1.82, 2.24) is 4.98 Å². The van der Waals surface area contributed by atoms with Gasteiger partial charge in [0.2, 0.25) is 5.69 Å². The molecule has 0 saturated carbocycles. The molecule has 3 heteroatoms. The molecule has 0 amide bonds. The number of rotatable bonds is 0. The van der Waals surface area contributed by atoms with E-state index in [0.29, 0.717) is 5.52 Å². The molecular formula is C10H5FN2. The van der Waals surface area contributed by atoms with Crippen molar-refractivity contribution in [3.8, 4) is 0 Å². The molecule has 62 valence electrons. The van der Waals surface area contributed by atoms with E-state index in [-0.39, 0.29) is 5.69 Å². The summed E-state index contributed by atoms with van der Waals surface area (Å²) in [6.07, 6.45) is 1.60. The second-order valence-electron chi connectivity index (χ2n) is 2.61. The molecular weight excluding hydrogens is 167 g/mol. The topological polar surface area (TPSA) is 17.2 Å². The van der Waals surface area contributed by atoms with Gasteiger partial charge in [-0.25, -0.2) is 9.24 Å². The minimum absolute atomic E-state index is 0.0421. The van der Waals surface area contributed by atoms with Crippen LogP contribution in [0.15, 0.2) is 30.5 Å². The van der Waals surface area contributed by atoms with Crippen LogP contribution in [-0.4, -0.2) is 4.98 Å². The molecule has 0 bridgehead atoms. The van der Waals surface area contributed by atoms with Crippen LogP contribution in [0.25, 0.3) is 15.7 Å². The lowest BCUT2D eigenvalue weighted by Crippen LogP contribution is -1.80. The quantitative estimate of drug-likeness (QED) is 0.558. The predicted molar refractivity (Wildman–Crippen MR) is 48.0 cm³/mol. The Labute approximate surface area is 74.5 Å². The van der Waals surface area contributed by atoms with Gasteiger partial charge < -0.3 is 0 Å². The summed E-state index contributed by atoms with van der Waals surface area (Å²) >= 11 is 0. The van der Waals surface area contributed by atoms with Crippen LogP contribution in [-0.2, 0) is 0 Å². The van der Waals surface area contributed by atoms with Crippen LogP contribution in [0.3, 0.4) is 0 Å². The Morgan fingerprint density at radius 3 is 3.00 bits per heavy atom. The van der Waals surface area contributed by atoms with Crippen LogP contribution in [0.2, 0.25) is 0 Å². The second kappa shape index (κ2) is 2.83. The summed E-state index contributed by atoms with van der Waals surface area (Å²) in [6, 6.07) is 6.35. The van der Waals surface area contributed by atoms with Crippen LogP contribution in [0.1, 0.15) is 0 Å². The van der Waals surface area contributed by atoms with Gasteiger partial charge in [-0.15, -0.1) is 0 Å². The van der Waals surface area contributed by atoms with E-state index in [4.69, 9.17) is 6.57 Å². The summed E-state index contributed by atoms with van der Waals surface area (Å²) in [7, 11) is 0. The van der Waals surface area contributed by atoms with E-state index >= 15 is 0 Å². The zero-order valence-electron chi connectivity index (χ0n) is 6.66. The highest BCUT2D eigenvalue weighted by Crippen LogP contribution is 2.23. The Bertz CT molecular complexity index is 500. The van der Waals surface area contributed by atoms with E-state index in [0.717, 1.165) is 5.39 Å². The minimum Gasteiger partial charge on any atom is -0.256 e. The largest absolute Gasteiger partial charge is 0.256 e. The number of aromatic nitrogens is 1. The molecule has 0 unspecified atom stereocenters. The lowest BCUT2D eigenvalue weighted by Gasteiger charge is -1.97. The maximum absolute atomic E-state index is 13.1. The monoisotopic (exact) mass is 172 g/mol. The van der Waals surface area contributed by atoms with Crippen molar-refractivity contribution < 1.29 is 4.39 Å². The van der Waals surface area contributed by atoms with Gasteiger partial charge in [0.15, 0.2) is 0 Å². The van der Waals surface area contributed by atoms with E-state index in [2.05, 4.69) is 9.83 Å². The van der Waals surface area contributed by atoms with Gasteiger partial charge in [0, 0.05) is 6.20 Å². The number of pyridine rings is 1. The summed E-state index contributed by atoms with van der Waals surface area (Å²) in [4.78, 5) is 7.04. The molecule has 1 heterocycles. The number of fused-ring (bicyclic) bond motifs is 1. The molecule has 2 nitrogen and oxygen atoms in total. The van der Waals surface area contributed by atoms with Crippen molar-refractivity contribution in [3.05, 3.63) is 47.7 Å². The Morgan fingerprint density at radius 2 is 2.23 bits per heavy atom. The van der Waals surface area contributed by atoms with Crippen molar-refractivity contribution in [2.45, 2.75) is 0 Å². The van der Waals surface area contributed by atoms with Gasteiger partial charge in [-0.2, -0.15) is 0 Å². The lowest BCUT2D eigenvalue weighted by atomic mass is 10.2. The van der Waals surface area contributed by atoms with Gasteiger partial charge >= 0.3 is 0 Å². The molecule has 1 aromatic carbocycles. The molecule has 0 aliphatic carbocycles. The minimum atomic E-state index is -0.513. The Hall–Kier alpha value is -1.95. The van der Waals surface area contributed by atoms with Gasteiger partial charge in [0.25, 0.3) is 0 Å².